The van der Waals surface area contributed by atoms with Gasteiger partial charge in [0.2, 0.25) is 11.8 Å². The van der Waals surface area contributed by atoms with E-state index >= 15 is 0 Å². The minimum absolute atomic E-state index is 0.348. The number of hydrogen-bond donors (Lipinski definition) is 2. The molecule has 5 heteroatoms. The largest absolute Gasteiger partial charge is 0.368 e. The summed E-state index contributed by atoms with van der Waals surface area (Å²) < 4.78 is 12.8. The average Bonchev–Trinajstić information content (AvgIpc) is 2.52. The molecular formula is C17H15FN2O2. The van der Waals surface area contributed by atoms with Crippen molar-refractivity contribution in [1.82, 2.24) is 5.32 Å². The maximum atomic E-state index is 12.8. The molecule has 0 heterocycles. The van der Waals surface area contributed by atoms with Crippen LogP contribution < -0.4 is 11.1 Å². The van der Waals surface area contributed by atoms with E-state index in [1.54, 1.807) is 42.5 Å². The Balaban J connectivity index is 2.06. The molecule has 0 aliphatic heterocycles. The van der Waals surface area contributed by atoms with Gasteiger partial charge in [-0.1, -0.05) is 42.5 Å². The normalized spacial score (nSPS) is 12.0. The van der Waals surface area contributed by atoms with Gasteiger partial charge >= 0.3 is 0 Å². The van der Waals surface area contributed by atoms with Crippen LogP contribution in [0.25, 0.3) is 6.08 Å². The second-order valence-electron chi connectivity index (χ2n) is 4.64. The Morgan fingerprint density at radius 3 is 2.27 bits per heavy atom. The van der Waals surface area contributed by atoms with Crippen LogP contribution in [0.4, 0.5) is 4.39 Å². The Morgan fingerprint density at radius 1 is 1.05 bits per heavy atom. The van der Waals surface area contributed by atoms with Crippen LogP contribution in [0.2, 0.25) is 0 Å². The molecule has 22 heavy (non-hydrogen) atoms. The van der Waals surface area contributed by atoms with Crippen molar-refractivity contribution < 1.29 is 14.0 Å². The van der Waals surface area contributed by atoms with Gasteiger partial charge in [-0.25, -0.2) is 4.39 Å². The molecule has 1 atom stereocenters. The van der Waals surface area contributed by atoms with Crippen molar-refractivity contribution in [2.75, 3.05) is 0 Å². The van der Waals surface area contributed by atoms with Gasteiger partial charge in [-0.2, -0.15) is 0 Å². The van der Waals surface area contributed by atoms with Crippen molar-refractivity contribution in [2.24, 2.45) is 5.73 Å². The van der Waals surface area contributed by atoms with Crippen molar-refractivity contribution in [2.45, 2.75) is 6.04 Å². The van der Waals surface area contributed by atoms with Crippen molar-refractivity contribution >= 4 is 17.9 Å². The summed E-state index contributed by atoms with van der Waals surface area (Å²) >= 11 is 0. The lowest BCUT2D eigenvalue weighted by Crippen LogP contribution is -2.36. The Hall–Kier alpha value is -2.95. The number of hydrogen-bond acceptors (Lipinski definition) is 2. The first-order valence-electron chi connectivity index (χ1n) is 6.64. The SMILES string of the molecule is NC(=O)C(NC(=O)/C=C/c1ccc(F)cc1)c1ccccc1. The molecule has 3 N–H and O–H groups in total. The van der Waals surface area contributed by atoms with Crippen molar-refractivity contribution in [1.29, 1.82) is 0 Å². The van der Waals surface area contributed by atoms with Crippen molar-refractivity contribution in [3.63, 3.8) is 0 Å². The maximum Gasteiger partial charge on any atom is 0.244 e. The summed E-state index contributed by atoms with van der Waals surface area (Å²) in [6.45, 7) is 0. The van der Waals surface area contributed by atoms with E-state index in [9.17, 15) is 14.0 Å². The van der Waals surface area contributed by atoms with Crippen LogP contribution in [0.3, 0.4) is 0 Å². The number of carbonyl (C=O) groups is 2. The predicted molar refractivity (Wildman–Crippen MR) is 82.0 cm³/mol. The number of amides is 2. The minimum Gasteiger partial charge on any atom is -0.368 e. The molecule has 0 aliphatic rings. The molecule has 0 aliphatic carbocycles. The molecule has 1 unspecified atom stereocenters. The molecule has 0 spiro atoms. The molecule has 0 saturated heterocycles. The highest BCUT2D eigenvalue weighted by Gasteiger charge is 2.18. The summed E-state index contributed by atoms with van der Waals surface area (Å²) in [5.41, 5.74) is 6.60. The monoisotopic (exact) mass is 298 g/mol. The molecule has 0 radical (unpaired) electrons. The van der Waals surface area contributed by atoms with Crippen molar-refractivity contribution in [3.8, 4) is 0 Å². The number of carbonyl (C=O) groups excluding carboxylic acids is 2. The van der Waals surface area contributed by atoms with E-state index in [0.717, 1.165) is 0 Å². The number of nitrogens with two attached hydrogens (primary N) is 1. The number of nitrogens with one attached hydrogen (secondary N) is 1. The fourth-order valence-corrected chi connectivity index (χ4v) is 1.90. The summed E-state index contributed by atoms with van der Waals surface area (Å²) in [5.74, 6) is -1.45. The summed E-state index contributed by atoms with van der Waals surface area (Å²) in [6.07, 6.45) is 2.80. The lowest BCUT2D eigenvalue weighted by molar-refractivity contribution is -0.125. The molecule has 4 nitrogen and oxygen atoms in total. The number of rotatable bonds is 5. The van der Waals surface area contributed by atoms with Gasteiger partial charge in [0.1, 0.15) is 11.9 Å². The van der Waals surface area contributed by atoms with Crippen LogP contribution in [-0.4, -0.2) is 11.8 Å². The zero-order chi connectivity index (χ0) is 15.9. The summed E-state index contributed by atoms with van der Waals surface area (Å²) in [5, 5.41) is 2.54. The fraction of sp³-hybridized carbons (Fsp3) is 0.0588. The van der Waals surface area contributed by atoms with Gasteiger partial charge in [0.05, 0.1) is 0 Å². The van der Waals surface area contributed by atoms with Crippen LogP contribution in [0.1, 0.15) is 17.2 Å². The third-order valence-corrected chi connectivity index (χ3v) is 3.00. The highest BCUT2D eigenvalue weighted by molar-refractivity contribution is 5.95. The highest BCUT2D eigenvalue weighted by atomic mass is 19.1. The minimum atomic E-state index is -0.897. The Morgan fingerprint density at radius 2 is 1.68 bits per heavy atom. The summed E-state index contributed by atoms with van der Waals surface area (Å²) in [4.78, 5) is 23.4. The first-order chi connectivity index (χ1) is 10.6. The molecule has 112 valence electrons. The van der Waals surface area contributed by atoms with Gasteiger partial charge in [-0.15, -0.1) is 0 Å². The van der Waals surface area contributed by atoms with E-state index in [4.69, 9.17) is 5.73 Å². The number of primary amides is 1. The van der Waals surface area contributed by atoms with E-state index in [1.807, 2.05) is 0 Å². The van der Waals surface area contributed by atoms with Crippen LogP contribution in [-0.2, 0) is 9.59 Å². The highest BCUT2D eigenvalue weighted by Crippen LogP contribution is 2.12. The molecule has 2 amide bonds. The summed E-state index contributed by atoms with van der Waals surface area (Å²) in [7, 11) is 0. The molecule has 0 aromatic heterocycles. The lowest BCUT2D eigenvalue weighted by Gasteiger charge is -2.14. The fourth-order valence-electron chi connectivity index (χ4n) is 1.90. The van der Waals surface area contributed by atoms with Gasteiger partial charge in [-0.3, -0.25) is 9.59 Å². The quantitative estimate of drug-likeness (QED) is 0.830. The molecule has 2 aromatic rings. The van der Waals surface area contributed by atoms with Gasteiger partial charge in [0.15, 0.2) is 0 Å². The Bertz CT molecular complexity index is 682. The third kappa shape index (κ3) is 4.28. The molecule has 2 rings (SSSR count). The molecular weight excluding hydrogens is 283 g/mol. The van der Waals surface area contributed by atoms with Crippen LogP contribution in [0.15, 0.2) is 60.7 Å². The number of halogens is 1. The average molecular weight is 298 g/mol. The van der Waals surface area contributed by atoms with E-state index < -0.39 is 17.9 Å². The van der Waals surface area contributed by atoms with Gasteiger partial charge < -0.3 is 11.1 Å². The maximum absolute atomic E-state index is 12.8. The molecule has 2 aromatic carbocycles. The van der Waals surface area contributed by atoms with Crippen LogP contribution >= 0.6 is 0 Å². The van der Waals surface area contributed by atoms with Crippen LogP contribution in [0.5, 0.6) is 0 Å². The third-order valence-electron chi connectivity index (χ3n) is 3.00. The van der Waals surface area contributed by atoms with Gasteiger partial charge in [0.25, 0.3) is 0 Å². The summed E-state index contributed by atoms with van der Waals surface area (Å²) in [6, 6.07) is 13.5. The Labute approximate surface area is 127 Å². The predicted octanol–water partition coefficient (Wildman–Crippen LogP) is 2.18. The Kier molecular flexibility index (Phi) is 5.03. The second-order valence-corrected chi connectivity index (χ2v) is 4.64. The smallest absolute Gasteiger partial charge is 0.244 e. The number of benzene rings is 2. The zero-order valence-corrected chi connectivity index (χ0v) is 11.7. The van der Waals surface area contributed by atoms with Crippen molar-refractivity contribution in [3.05, 3.63) is 77.6 Å². The lowest BCUT2D eigenvalue weighted by atomic mass is 10.1. The van der Waals surface area contributed by atoms with E-state index in [1.165, 1.54) is 24.3 Å². The van der Waals surface area contributed by atoms with Crippen LogP contribution in [0, 0.1) is 5.82 Å². The second kappa shape index (κ2) is 7.17. The first-order valence-corrected chi connectivity index (χ1v) is 6.64. The topological polar surface area (TPSA) is 72.2 Å². The van der Waals surface area contributed by atoms with E-state index in [0.29, 0.717) is 11.1 Å². The van der Waals surface area contributed by atoms with Gasteiger partial charge in [0, 0.05) is 6.08 Å². The molecule has 0 fully saturated rings. The molecule has 0 bridgehead atoms. The van der Waals surface area contributed by atoms with Gasteiger partial charge in [-0.05, 0) is 29.3 Å². The standard InChI is InChI=1S/C17H15FN2O2/c18-14-9-6-12(7-10-14)8-11-15(21)20-16(17(19)22)13-4-2-1-3-5-13/h1-11,16H,(H2,19,22)(H,20,21)/b11-8+. The molecule has 0 saturated carbocycles. The zero-order valence-electron chi connectivity index (χ0n) is 11.7. The van der Waals surface area contributed by atoms with E-state index in [2.05, 4.69) is 5.32 Å². The van der Waals surface area contributed by atoms with E-state index in [-0.39, 0.29) is 5.82 Å². The first kappa shape index (κ1) is 15.4.